The van der Waals surface area contributed by atoms with Gasteiger partial charge >= 0.3 is 0 Å². The predicted molar refractivity (Wildman–Crippen MR) is 124 cm³/mol. The van der Waals surface area contributed by atoms with Gasteiger partial charge in [-0.25, -0.2) is 13.4 Å². The van der Waals surface area contributed by atoms with Gasteiger partial charge in [-0.15, -0.1) is 24.0 Å². The Morgan fingerprint density at radius 1 is 1.32 bits per heavy atom. The predicted octanol–water partition coefficient (Wildman–Crippen LogP) is 2.52. The first-order valence-corrected chi connectivity index (χ1v) is 11.5. The van der Waals surface area contributed by atoms with Crippen LogP contribution in [0.2, 0.25) is 0 Å². The molecule has 0 aliphatic carbocycles. The number of rotatable bonds is 9. The van der Waals surface area contributed by atoms with Gasteiger partial charge in [-0.2, -0.15) is 0 Å². The molecule has 2 rings (SSSR count). The highest BCUT2D eigenvalue weighted by molar-refractivity contribution is 14.0. The minimum Gasteiger partial charge on any atom is -0.494 e. The van der Waals surface area contributed by atoms with Gasteiger partial charge < -0.3 is 20.1 Å². The highest BCUT2D eigenvalue weighted by Crippen LogP contribution is 2.35. The standard InChI is InChI=1S/C19H31N3O4S.HI/c1-5-20-19(21-8-7-9-27(4,23)24)22-13-16-12-18-15(10-14(3)26-18)11-17(16)25-6-2;/h11-12,14H,5-10,13H2,1-4H3,(H2,20,21,22);1H. The second-order valence-electron chi connectivity index (χ2n) is 6.74. The number of hydrogen-bond acceptors (Lipinski definition) is 5. The summed E-state index contributed by atoms with van der Waals surface area (Å²) in [7, 11) is -2.94. The molecule has 9 heteroatoms. The lowest BCUT2D eigenvalue weighted by molar-refractivity contribution is 0.254. The van der Waals surface area contributed by atoms with Crippen LogP contribution >= 0.6 is 24.0 Å². The summed E-state index contributed by atoms with van der Waals surface area (Å²) in [5.74, 6) is 2.56. The molecule has 0 aromatic heterocycles. The molecular weight excluding hydrogens is 493 g/mol. The molecule has 0 saturated carbocycles. The van der Waals surface area contributed by atoms with Gasteiger partial charge in [0.25, 0.3) is 0 Å². The van der Waals surface area contributed by atoms with Gasteiger partial charge in [0.15, 0.2) is 5.96 Å². The molecule has 0 spiro atoms. The van der Waals surface area contributed by atoms with Crippen LogP contribution in [0.1, 0.15) is 38.3 Å². The van der Waals surface area contributed by atoms with Crippen LogP contribution in [-0.2, 0) is 22.8 Å². The third-order valence-corrected chi connectivity index (χ3v) is 5.15. The van der Waals surface area contributed by atoms with E-state index in [0.29, 0.717) is 32.1 Å². The van der Waals surface area contributed by atoms with Crippen LogP contribution in [0.15, 0.2) is 17.1 Å². The second kappa shape index (κ2) is 11.7. The number of nitrogens with one attached hydrogen (secondary N) is 2. The SMILES string of the molecule is CCNC(=NCc1cc2c(cc1OCC)CC(C)O2)NCCCS(C)(=O)=O.I. The first-order chi connectivity index (χ1) is 12.8. The lowest BCUT2D eigenvalue weighted by Crippen LogP contribution is -2.38. The van der Waals surface area contributed by atoms with Gasteiger partial charge in [-0.3, -0.25) is 0 Å². The van der Waals surface area contributed by atoms with Crippen molar-refractivity contribution in [3.05, 3.63) is 23.3 Å². The summed E-state index contributed by atoms with van der Waals surface area (Å²) < 4.78 is 34.1. The molecule has 0 amide bonds. The highest BCUT2D eigenvalue weighted by Gasteiger charge is 2.21. The second-order valence-corrected chi connectivity index (χ2v) is 9.00. The Morgan fingerprint density at radius 3 is 2.71 bits per heavy atom. The molecular formula is C19H32IN3O4S. The van der Waals surface area contributed by atoms with E-state index in [9.17, 15) is 8.42 Å². The molecule has 0 bridgehead atoms. The number of fused-ring (bicyclic) bond motifs is 1. The third-order valence-electron chi connectivity index (χ3n) is 4.12. The van der Waals surface area contributed by atoms with Crippen LogP contribution in [0, 0.1) is 0 Å². The largest absolute Gasteiger partial charge is 0.494 e. The van der Waals surface area contributed by atoms with E-state index in [1.807, 2.05) is 19.9 Å². The minimum absolute atomic E-state index is 0. The molecule has 1 heterocycles. The zero-order valence-corrected chi connectivity index (χ0v) is 20.2. The molecule has 0 saturated heterocycles. The first kappa shape index (κ1) is 24.8. The van der Waals surface area contributed by atoms with Crippen molar-refractivity contribution < 1.29 is 17.9 Å². The van der Waals surface area contributed by atoms with Gasteiger partial charge in [0.2, 0.25) is 0 Å². The van der Waals surface area contributed by atoms with Crippen molar-refractivity contribution in [2.24, 2.45) is 4.99 Å². The van der Waals surface area contributed by atoms with E-state index in [0.717, 1.165) is 30.0 Å². The number of guanidine groups is 1. The van der Waals surface area contributed by atoms with Crippen molar-refractivity contribution >= 4 is 39.8 Å². The number of halogens is 1. The molecule has 0 fully saturated rings. The Labute approximate surface area is 185 Å². The fourth-order valence-electron chi connectivity index (χ4n) is 2.94. The number of ether oxygens (including phenoxy) is 2. The van der Waals surface area contributed by atoms with Crippen molar-refractivity contribution in [1.82, 2.24) is 10.6 Å². The lowest BCUT2D eigenvalue weighted by atomic mass is 10.1. The van der Waals surface area contributed by atoms with Crippen LogP contribution < -0.4 is 20.1 Å². The average molecular weight is 525 g/mol. The van der Waals surface area contributed by atoms with Gasteiger partial charge in [0, 0.05) is 36.9 Å². The molecule has 1 unspecified atom stereocenters. The van der Waals surface area contributed by atoms with E-state index in [-0.39, 0.29) is 35.8 Å². The van der Waals surface area contributed by atoms with E-state index in [1.54, 1.807) is 0 Å². The van der Waals surface area contributed by atoms with E-state index in [4.69, 9.17) is 9.47 Å². The van der Waals surface area contributed by atoms with Crippen molar-refractivity contribution in [2.75, 3.05) is 31.7 Å². The Hall–Kier alpha value is -1.23. The number of hydrogen-bond donors (Lipinski definition) is 2. The highest BCUT2D eigenvalue weighted by atomic mass is 127. The molecule has 160 valence electrons. The Bertz CT molecular complexity index is 769. The summed E-state index contributed by atoms with van der Waals surface area (Å²) in [5.41, 5.74) is 2.14. The minimum atomic E-state index is -2.94. The molecule has 2 N–H and O–H groups in total. The summed E-state index contributed by atoms with van der Waals surface area (Å²) in [6, 6.07) is 4.07. The summed E-state index contributed by atoms with van der Waals surface area (Å²) in [6.07, 6.45) is 2.86. The van der Waals surface area contributed by atoms with Crippen LogP contribution in [0.5, 0.6) is 11.5 Å². The monoisotopic (exact) mass is 525 g/mol. The zero-order chi connectivity index (χ0) is 19.9. The van der Waals surface area contributed by atoms with Crippen LogP contribution in [0.25, 0.3) is 0 Å². The van der Waals surface area contributed by atoms with Crippen molar-refractivity contribution in [3.8, 4) is 11.5 Å². The molecule has 1 aromatic carbocycles. The first-order valence-electron chi connectivity index (χ1n) is 9.47. The van der Waals surface area contributed by atoms with E-state index in [2.05, 4.69) is 28.6 Å². The Kier molecular flexibility index (Phi) is 10.4. The molecule has 1 atom stereocenters. The molecule has 0 radical (unpaired) electrons. The van der Waals surface area contributed by atoms with Crippen molar-refractivity contribution in [3.63, 3.8) is 0 Å². The van der Waals surface area contributed by atoms with Crippen LogP contribution in [0.4, 0.5) is 0 Å². The number of sulfone groups is 1. The van der Waals surface area contributed by atoms with Crippen molar-refractivity contribution in [1.29, 1.82) is 0 Å². The quantitative estimate of drug-likeness (QED) is 0.223. The normalized spacial score (nSPS) is 16.0. The van der Waals surface area contributed by atoms with Crippen LogP contribution in [0.3, 0.4) is 0 Å². The smallest absolute Gasteiger partial charge is 0.191 e. The van der Waals surface area contributed by atoms with E-state index < -0.39 is 9.84 Å². The molecule has 1 aliphatic rings. The third kappa shape index (κ3) is 8.02. The number of aliphatic imine (C=N–C) groups is 1. The lowest BCUT2D eigenvalue weighted by Gasteiger charge is -2.13. The molecule has 1 aliphatic heterocycles. The summed E-state index contributed by atoms with van der Waals surface area (Å²) in [4.78, 5) is 4.61. The van der Waals surface area contributed by atoms with Gasteiger partial charge in [-0.05, 0) is 39.3 Å². The summed E-state index contributed by atoms with van der Waals surface area (Å²) >= 11 is 0. The Morgan fingerprint density at radius 2 is 2.07 bits per heavy atom. The van der Waals surface area contributed by atoms with Gasteiger partial charge in [-0.1, -0.05) is 0 Å². The molecule has 28 heavy (non-hydrogen) atoms. The van der Waals surface area contributed by atoms with E-state index in [1.165, 1.54) is 11.8 Å². The van der Waals surface area contributed by atoms with E-state index >= 15 is 0 Å². The summed E-state index contributed by atoms with van der Waals surface area (Å²) in [5, 5.41) is 6.36. The number of benzene rings is 1. The molecule has 1 aromatic rings. The summed E-state index contributed by atoms with van der Waals surface area (Å²) in [6.45, 7) is 8.32. The Balaban J connectivity index is 0.00000392. The maximum atomic E-state index is 11.2. The number of nitrogens with zero attached hydrogens (tertiary/aromatic N) is 1. The fraction of sp³-hybridized carbons (Fsp3) is 0.632. The topological polar surface area (TPSA) is 89.0 Å². The average Bonchev–Trinajstić information content (AvgIpc) is 2.94. The maximum absolute atomic E-state index is 11.2. The van der Waals surface area contributed by atoms with Gasteiger partial charge in [0.05, 0.1) is 18.9 Å². The molecule has 7 nitrogen and oxygen atoms in total. The van der Waals surface area contributed by atoms with Gasteiger partial charge in [0.1, 0.15) is 27.4 Å². The van der Waals surface area contributed by atoms with Crippen molar-refractivity contribution in [2.45, 2.75) is 46.3 Å². The maximum Gasteiger partial charge on any atom is 0.191 e. The zero-order valence-electron chi connectivity index (χ0n) is 17.1. The van der Waals surface area contributed by atoms with Crippen LogP contribution in [-0.4, -0.2) is 52.2 Å². The fourth-order valence-corrected chi connectivity index (χ4v) is 3.61.